The van der Waals surface area contributed by atoms with Gasteiger partial charge >= 0.3 is 0 Å². The molecular weight excluding hydrogens is 256 g/mol. The first-order chi connectivity index (χ1) is 9.10. The summed E-state index contributed by atoms with van der Waals surface area (Å²) in [6, 6.07) is 9.23. The normalized spacial score (nSPS) is 10.9. The maximum Gasteiger partial charge on any atom is 0.185 e. The molecule has 0 bridgehead atoms. The Hall–Kier alpha value is -1.87. The number of thiophene rings is 1. The van der Waals surface area contributed by atoms with Crippen molar-refractivity contribution in [3.63, 3.8) is 0 Å². The molecule has 0 radical (unpaired) electrons. The highest BCUT2D eigenvalue weighted by Gasteiger charge is 2.03. The van der Waals surface area contributed by atoms with Crippen molar-refractivity contribution in [3.05, 3.63) is 57.3 Å². The highest BCUT2D eigenvalue weighted by Crippen LogP contribution is 2.22. The summed E-state index contributed by atoms with van der Waals surface area (Å²) >= 11 is 1.74. The maximum atomic E-state index is 12.0. The Morgan fingerprint density at radius 1 is 1.21 bits per heavy atom. The third kappa shape index (κ3) is 3.32. The number of ketones is 1. The van der Waals surface area contributed by atoms with E-state index in [2.05, 4.69) is 19.9 Å². The largest absolute Gasteiger partial charge is 0.497 e. The van der Waals surface area contributed by atoms with E-state index in [0.717, 1.165) is 11.3 Å². The average Bonchev–Trinajstić information content (AvgIpc) is 2.74. The lowest BCUT2D eigenvalue weighted by Gasteiger charge is -2.00. The van der Waals surface area contributed by atoms with Crippen LogP contribution in [0.4, 0.5) is 0 Å². The van der Waals surface area contributed by atoms with Crippen LogP contribution in [0.5, 0.6) is 5.75 Å². The van der Waals surface area contributed by atoms with E-state index >= 15 is 0 Å². The average molecular weight is 272 g/mol. The predicted octanol–water partition coefficient (Wildman–Crippen LogP) is 4.27. The second kappa shape index (κ2) is 5.85. The van der Waals surface area contributed by atoms with Crippen LogP contribution in [-0.2, 0) is 0 Å². The predicted molar refractivity (Wildman–Crippen MR) is 80.2 cm³/mol. The zero-order valence-corrected chi connectivity index (χ0v) is 12.1. The molecule has 0 aliphatic carbocycles. The van der Waals surface area contributed by atoms with Crippen LogP contribution in [0.1, 0.15) is 25.7 Å². The number of hydrogen-bond acceptors (Lipinski definition) is 3. The lowest BCUT2D eigenvalue weighted by molar-refractivity contribution is 0.104. The van der Waals surface area contributed by atoms with Gasteiger partial charge in [0.25, 0.3) is 0 Å². The number of methoxy groups -OCH3 is 1. The molecule has 0 aliphatic heterocycles. The maximum absolute atomic E-state index is 12.0. The molecule has 0 saturated carbocycles. The third-order valence-electron chi connectivity index (χ3n) is 2.87. The summed E-state index contributed by atoms with van der Waals surface area (Å²) in [5.74, 6) is 0.760. The Balaban J connectivity index is 2.14. The van der Waals surface area contributed by atoms with E-state index in [1.165, 1.54) is 9.75 Å². The van der Waals surface area contributed by atoms with Gasteiger partial charge in [0.15, 0.2) is 5.78 Å². The summed E-state index contributed by atoms with van der Waals surface area (Å²) in [5, 5.41) is 0. The molecule has 2 nitrogen and oxygen atoms in total. The van der Waals surface area contributed by atoms with E-state index in [1.54, 1.807) is 48.8 Å². The molecule has 0 saturated heterocycles. The minimum absolute atomic E-state index is 0.00547. The Bertz CT molecular complexity index is 606. The molecule has 19 heavy (non-hydrogen) atoms. The lowest BCUT2D eigenvalue weighted by atomic mass is 10.1. The Kier molecular flexibility index (Phi) is 4.17. The summed E-state index contributed by atoms with van der Waals surface area (Å²) in [4.78, 5) is 14.5. The molecule has 0 aliphatic rings. The molecule has 1 aromatic heterocycles. The standard InChI is InChI=1S/C16H16O2S/c1-11-10-14(12(2)19-11)6-9-16(17)13-4-7-15(18-3)8-5-13/h4-10H,1-3H3/b9-6+. The first-order valence-corrected chi connectivity index (χ1v) is 6.85. The molecule has 0 spiro atoms. The third-order valence-corrected chi connectivity index (χ3v) is 3.85. The van der Waals surface area contributed by atoms with E-state index in [9.17, 15) is 4.79 Å². The quantitative estimate of drug-likeness (QED) is 0.613. The van der Waals surface area contributed by atoms with Crippen LogP contribution in [0.25, 0.3) is 6.08 Å². The highest BCUT2D eigenvalue weighted by molar-refractivity contribution is 7.12. The van der Waals surface area contributed by atoms with E-state index < -0.39 is 0 Å². The molecule has 2 aromatic rings. The smallest absolute Gasteiger partial charge is 0.185 e. The molecule has 0 N–H and O–H groups in total. The van der Waals surface area contributed by atoms with Crippen LogP contribution >= 0.6 is 11.3 Å². The lowest BCUT2D eigenvalue weighted by Crippen LogP contribution is -1.94. The molecule has 0 fully saturated rings. The zero-order chi connectivity index (χ0) is 13.8. The van der Waals surface area contributed by atoms with E-state index in [4.69, 9.17) is 4.74 Å². The van der Waals surface area contributed by atoms with Crippen LogP contribution in [0.3, 0.4) is 0 Å². The van der Waals surface area contributed by atoms with Crippen molar-refractivity contribution in [1.29, 1.82) is 0 Å². The minimum atomic E-state index is 0.00547. The Morgan fingerprint density at radius 3 is 2.42 bits per heavy atom. The number of rotatable bonds is 4. The fourth-order valence-electron chi connectivity index (χ4n) is 1.83. The van der Waals surface area contributed by atoms with Crippen molar-refractivity contribution in [2.75, 3.05) is 7.11 Å². The minimum Gasteiger partial charge on any atom is -0.497 e. The van der Waals surface area contributed by atoms with Gasteiger partial charge in [-0.3, -0.25) is 4.79 Å². The molecular formula is C16H16O2S. The summed E-state index contributed by atoms with van der Waals surface area (Å²) < 4.78 is 5.07. The van der Waals surface area contributed by atoms with Crippen LogP contribution in [0, 0.1) is 13.8 Å². The van der Waals surface area contributed by atoms with Crippen molar-refractivity contribution in [1.82, 2.24) is 0 Å². The van der Waals surface area contributed by atoms with Gasteiger partial charge in [0, 0.05) is 15.3 Å². The van der Waals surface area contributed by atoms with Crippen molar-refractivity contribution in [2.24, 2.45) is 0 Å². The number of carbonyl (C=O) groups is 1. The first-order valence-electron chi connectivity index (χ1n) is 6.03. The fraction of sp³-hybridized carbons (Fsp3) is 0.188. The Labute approximate surface area is 117 Å². The van der Waals surface area contributed by atoms with Crippen LogP contribution in [0.2, 0.25) is 0 Å². The van der Waals surface area contributed by atoms with Gasteiger partial charge in [-0.2, -0.15) is 0 Å². The molecule has 1 aromatic carbocycles. The molecule has 0 atom stereocenters. The van der Waals surface area contributed by atoms with Crippen LogP contribution in [0.15, 0.2) is 36.4 Å². The number of ether oxygens (including phenoxy) is 1. The number of carbonyl (C=O) groups excluding carboxylic acids is 1. The monoisotopic (exact) mass is 272 g/mol. The van der Waals surface area contributed by atoms with Crippen LogP contribution < -0.4 is 4.74 Å². The van der Waals surface area contributed by atoms with Crippen molar-refractivity contribution in [2.45, 2.75) is 13.8 Å². The number of aryl methyl sites for hydroxylation is 2. The number of allylic oxidation sites excluding steroid dienone is 1. The molecule has 3 heteroatoms. The zero-order valence-electron chi connectivity index (χ0n) is 11.3. The van der Waals surface area contributed by atoms with Gasteiger partial charge in [-0.05, 0) is 61.9 Å². The van der Waals surface area contributed by atoms with E-state index in [0.29, 0.717) is 5.56 Å². The van der Waals surface area contributed by atoms with Gasteiger partial charge in [0.1, 0.15) is 5.75 Å². The first kappa shape index (κ1) is 13.6. The Morgan fingerprint density at radius 2 is 1.89 bits per heavy atom. The molecule has 0 unspecified atom stereocenters. The van der Waals surface area contributed by atoms with Crippen molar-refractivity contribution < 1.29 is 9.53 Å². The number of hydrogen-bond donors (Lipinski definition) is 0. The van der Waals surface area contributed by atoms with Gasteiger partial charge in [0.05, 0.1) is 7.11 Å². The van der Waals surface area contributed by atoms with E-state index in [-0.39, 0.29) is 5.78 Å². The van der Waals surface area contributed by atoms with Gasteiger partial charge in [-0.25, -0.2) is 0 Å². The second-order valence-electron chi connectivity index (χ2n) is 4.29. The summed E-state index contributed by atoms with van der Waals surface area (Å²) in [5.41, 5.74) is 1.78. The van der Waals surface area contributed by atoms with Crippen LogP contribution in [-0.4, -0.2) is 12.9 Å². The summed E-state index contributed by atoms with van der Waals surface area (Å²) in [7, 11) is 1.61. The second-order valence-corrected chi connectivity index (χ2v) is 5.76. The van der Waals surface area contributed by atoms with Crippen molar-refractivity contribution in [3.8, 4) is 5.75 Å². The number of benzene rings is 1. The molecule has 2 rings (SSSR count). The summed E-state index contributed by atoms with van der Waals surface area (Å²) in [6.07, 6.45) is 3.50. The summed E-state index contributed by atoms with van der Waals surface area (Å²) in [6.45, 7) is 4.13. The van der Waals surface area contributed by atoms with Gasteiger partial charge in [-0.15, -0.1) is 11.3 Å². The van der Waals surface area contributed by atoms with Gasteiger partial charge in [-0.1, -0.05) is 0 Å². The topological polar surface area (TPSA) is 26.3 Å². The van der Waals surface area contributed by atoms with E-state index in [1.807, 2.05) is 6.08 Å². The van der Waals surface area contributed by atoms with Gasteiger partial charge < -0.3 is 4.74 Å². The SMILES string of the molecule is COc1ccc(C(=O)/C=C/c2cc(C)sc2C)cc1. The fourth-order valence-corrected chi connectivity index (χ4v) is 2.75. The molecule has 0 amide bonds. The molecule has 1 heterocycles. The highest BCUT2D eigenvalue weighted by atomic mass is 32.1. The van der Waals surface area contributed by atoms with Crippen molar-refractivity contribution >= 4 is 23.2 Å². The van der Waals surface area contributed by atoms with Gasteiger partial charge in [0.2, 0.25) is 0 Å². The molecule has 98 valence electrons.